The van der Waals surface area contributed by atoms with Crippen LogP contribution in [0.5, 0.6) is 0 Å². The lowest BCUT2D eigenvalue weighted by Gasteiger charge is -2.31. The summed E-state index contributed by atoms with van der Waals surface area (Å²) in [5.74, 6) is -1.05. The Balaban J connectivity index is 2.45. The fourth-order valence-corrected chi connectivity index (χ4v) is 2.63. The molecule has 1 fully saturated rings. The molecule has 5 nitrogen and oxygen atoms in total. The Kier molecular flexibility index (Phi) is 6.12. The number of hydrogen-bond acceptors (Lipinski definition) is 2. The van der Waals surface area contributed by atoms with E-state index in [9.17, 15) is 9.59 Å². The van der Waals surface area contributed by atoms with Gasteiger partial charge in [-0.1, -0.05) is 19.8 Å². The van der Waals surface area contributed by atoms with Crippen LogP contribution in [0.15, 0.2) is 0 Å². The first kappa shape index (κ1) is 15.8. The van der Waals surface area contributed by atoms with Gasteiger partial charge in [0.15, 0.2) is 0 Å². The fraction of sp³-hybridized carbons (Fsp3) is 0.857. The predicted octanol–water partition coefficient (Wildman–Crippen LogP) is 2.46. The Morgan fingerprint density at radius 3 is 2.68 bits per heavy atom. The van der Waals surface area contributed by atoms with Gasteiger partial charge in [-0.05, 0) is 32.6 Å². The van der Waals surface area contributed by atoms with Crippen LogP contribution in [-0.2, 0) is 4.79 Å². The zero-order valence-corrected chi connectivity index (χ0v) is 12.2. The van der Waals surface area contributed by atoms with Crippen molar-refractivity contribution in [3.63, 3.8) is 0 Å². The average Bonchev–Trinajstić information content (AvgIpc) is 2.38. The third-order valence-electron chi connectivity index (χ3n) is 4.04. The van der Waals surface area contributed by atoms with E-state index in [1.807, 2.05) is 6.92 Å². The van der Waals surface area contributed by atoms with Crippen LogP contribution >= 0.6 is 0 Å². The van der Waals surface area contributed by atoms with Crippen LogP contribution in [0.2, 0.25) is 0 Å². The number of rotatable bonds is 5. The number of amides is 2. The first-order valence-corrected chi connectivity index (χ1v) is 7.21. The molecule has 19 heavy (non-hydrogen) atoms. The normalized spacial score (nSPS) is 24.6. The third kappa shape index (κ3) is 4.73. The number of nitrogens with zero attached hydrogens (tertiary/aromatic N) is 1. The van der Waals surface area contributed by atoms with Gasteiger partial charge in [0.1, 0.15) is 0 Å². The first-order chi connectivity index (χ1) is 8.95. The van der Waals surface area contributed by atoms with Crippen LogP contribution in [0.1, 0.15) is 52.4 Å². The minimum atomic E-state index is -0.744. The van der Waals surface area contributed by atoms with Crippen LogP contribution in [0.3, 0.4) is 0 Å². The van der Waals surface area contributed by atoms with E-state index in [-0.39, 0.29) is 24.0 Å². The summed E-state index contributed by atoms with van der Waals surface area (Å²) in [5, 5.41) is 12.0. The van der Waals surface area contributed by atoms with Crippen LogP contribution in [0, 0.1) is 5.92 Å². The summed E-state index contributed by atoms with van der Waals surface area (Å²) >= 11 is 0. The van der Waals surface area contributed by atoms with Gasteiger partial charge in [-0.2, -0.15) is 0 Å². The van der Waals surface area contributed by atoms with E-state index < -0.39 is 5.97 Å². The molecule has 5 heteroatoms. The largest absolute Gasteiger partial charge is 0.481 e. The van der Waals surface area contributed by atoms with Gasteiger partial charge >= 0.3 is 12.0 Å². The highest BCUT2D eigenvalue weighted by Gasteiger charge is 2.28. The number of nitrogens with one attached hydrogen (secondary N) is 1. The Labute approximate surface area is 115 Å². The molecule has 0 heterocycles. The molecule has 110 valence electrons. The number of carbonyl (C=O) groups is 2. The molecule has 2 amide bonds. The first-order valence-electron chi connectivity index (χ1n) is 7.21. The molecule has 0 spiro atoms. The Morgan fingerprint density at radius 1 is 1.42 bits per heavy atom. The number of carboxylic acids is 1. The van der Waals surface area contributed by atoms with Crippen LogP contribution in [0.25, 0.3) is 0 Å². The van der Waals surface area contributed by atoms with Gasteiger partial charge in [-0.15, -0.1) is 0 Å². The van der Waals surface area contributed by atoms with Crippen molar-refractivity contribution in [1.82, 2.24) is 10.2 Å². The van der Waals surface area contributed by atoms with Crippen molar-refractivity contribution in [1.29, 1.82) is 0 Å². The fourth-order valence-electron chi connectivity index (χ4n) is 2.63. The molecule has 1 saturated carbocycles. The second-order valence-electron chi connectivity index (χ2n) is 5.60. The molecule has 0 radical (unpaired) electrons. The van der Waals surface area contributed by atoms with Gasteiger partial charge in [0.05, 0.1) is 5.92 Å². The highest BCUT2D eigenvalue weighted by molar-refractivity contribution is 5.75. The lowest BCUT2D eigenvalue weighted by molar-refractivity contribution is -0.143. The summed E-state index contributed by atoms with van der Waals surface area (Å²) < 4.78 is 0. The lowest BCUT2D eigenvalue weighted by Crippen LogP contribution is -2.48. The van der Waals surface area contributed by atoms with Crippen LogP contribution in [-0.4, -0.2) is 41.1 Å². The molecule has 3 unspecified atom stereocenters. The van der Waals surface area contributed by atoms with E-state index in [0.717, 1.165) is 32.1 Å². The highest BCUT2D eigenvalue weighted by Crippen LogP contribution is 2.24. The van der Waals surface area contributed by atoms with E-state index in [4.69, 9.17) is 5.11 Å². The van der Waals surface area contributed by atoms with E-state index in [1.165, 1.54) is 0 Å². The Hall–Kier alpha value is -1.26. The number of carboxylic acid groups (broad SMARTS) is 1. The second kappa shape index (κ2) is 7.36. The maximum absolute atomic E-state index is 12.1. The summed E-state index contributed by atoms with van der Waals surface area (Å²) in [4.78, 5) is 24.8. The third-order valence-corrected chi connectivity index (χ3v) is 4.04. The molecule has 1 aliphatic rings. The van der Waals surface area contributed by atoms with Gasteiger partial charge in [0, 0.05) is 19.1 Å². The molecule has 2 N–H and O–H groups in total. The van der Waals surface area contributed by atoms with Gasteiger partial charge < -0.3 is 15.3 Å². The van der Waals surface area contributed by atoms with Crippen LogP contribution in [0.4, 0.5) is 4.79 Å². The molecular formula is C14H26N2O3. The van der Waals surface area contributed by atoms with Crippen LogP contribution < -0.4 is 5.32 Å². The summed E-state index contributed by atoms with van der Waals surface area (Å²) in [6, 6.07) is 0.125. The van der Waals surface area contributed by atoms with E-state index in [1.54, 1.807) is 11.9 Å². The predicted molar refractivity (Wildman–Crippen MR) is 74.0 cm³/mol. The molecule has 0 aromatic rings. The van der Waals surface area contributed by atoms with Crippen molar-refractivity contribution < 1.29 is 14.7 Å². The van der Waals surface area contributed by atoms with Gasteiger partial charge in [-0.3, -0.25) is 4.79 Å². The highest BCUT2D eigenvalue weighted by atomic mass is 16.4. The monoisotopic (exact) mass is 270 g/mol. The van der Waals surface area contributed by atoms with Gasteiger partial charge in [0.25, 0.3) is 0 Å². The van der Waals surface area contributed by atoms with Gasteiger partial charge in [-0.25, -0.2) is 4.79 Å². The minimum absolute atomic E-state index is 0.00127. The molecular weight excluding hydrogens is 244 g/mol. The minimum Gasteiger partial charge on any atom is -0.481 e. The van der Waals surface area contributed by atoms with Crippen molar-refractivity contribution in [3.05, 3.63) is 0 Å². The summed E-state index contributed by atoms with van der Waals surface area (Å²) in [6.45, 7) is 4.13. The number of aliphatic carboxylic acids is 1. The molecule has 0 saturated heterocycles. The topological polar surface area (TPSA) is 69.6 Å². The zero-order valence-electron chi connectivity index (χ0n) is 12.2. The molecule has 1 rings (SSSR count). The molecule has 0 aromatic heterocycles. The molecule has 0 aromatic carbocycles. The van der Waals surface area contributed by atoms with Crippen molar-refractivity contribution in [3.8, 4) is 0 Å². The molecule has 0 aliphatic heterocycles. The van der Waals surface area contributed by atoms with Gasteiger partial charge in [0.2, 0.25) is 0 Å². The van der Waals surface area contributed by atoms with Crippen molar-refractivity contribution >= 4 is 12.0 Å². The Bertz CT molecular complexity index is 320. The number of carbonyl (C=O) groups excluding carboxylic acids is 1. The summed E-state index contributed by atoms with van der Waals surface area (Å²) in [6.07, 6.45) is 5.05. The quantitative estimate of drug-likeness (QED) is 0.806. The van der Waals surface area contributed by atoms with E-state index in [2.05, 4.69) is 12.2 Å². The SMILES string of the molecule is CCCC(C)N(C)C(=O)NC1CCCC(C(=O)O)C1. The zero-order chi connectivity index (χ0) is 14.4. The average molecular weight is 270 g/mol. The van der Waals surface area contributed by atoms with Crippen molar-refractivity contribution in [2.45, 2.75) is 64.5 Å². The summed E-state index contributed by atoms with van der Waals surface area (Å²) in [5.41, 5.74) is 0. The maximum Gasteiger partial charge on any atom is 0.317 e. The van der Waals surface area contributed by atoms with Crippen molar-refractivity contribution in [2.24, 2.45) is 5.92 Å². The van der Waals surface area contributed by atoms with E-state index >= 15 is 0 Å². The Morgan fingerprint density at radius 2 is 2.11 bits per heavy atom. The summed E-state index contributed by atoms with van der Waals surface area (Å²) in [7, 11) is 1.80. The maximum atomic E-state index is 12.1. The number of urea groups is 1. The van der Waals surface area contributed by atoms with E-state index in [0.29, 0.717) is 6.42 Å². The number of hydrogen-bond donors (Lipinski definition) is 2. The molecule has 3 atom stereocenters. The lowest BCUT2D eigenvalue weighted by atomic mass is 9.86. The second-order valence-corrected chi connectivity index (χ2v) is 5.60. The molecule has 0 bridgehead atoms. The molecule has 1 aliphatic carbocycles. The van der Waals surface area contributed by atoms with Crippen molar-refractivity contribution in [2.75, 3.05) is 7.05 Å². The standard InChI is InChI=1S/C14H26N2O3/c1-4-6-10(2)16(3)14(19)15-12-8-5-7-11(9-12)13(17)18/h10-12H,4-9H2,1-3H3,(H,15,19)(H,17,18). The smallest absolute Gasteiger partial charge is 0.317 e.